The fourth-order valence-corrected chi connectivity index (χ4v) is 3.43. The highest BCUT2D eigenvalue weighted by Gasteiger charge is 2.34. The average Bonchev–Trinajstić information content (AvgIpc) is 3.27. The Bertz CT molecular complexity index is 936. The smallest absolute Gasteiger partial charge is 0.328 e. The number of hydrogen-bond donors (Lipinski definition) is 0. The van der Waals surface area contributed by atoms with Gasteiger partial charge in [0.25, 0.3) is 11.1 Å². The molecule has 3 rings (SSSR count). The molecular formula is C19H17N3O6S. The largest absolute Gasteiger partial charge is 0.465 e. The number of imide groups is 1. The second-order valence-electron chi connectivity index (χ2n) is 5.86. The first-order chi connectivity index (χ1) is 14.0. The summed E-state index contributed by atoms with van der Waals surface area (Å²) in [6, 6.07) is 7.02. The third-order valence-electron chi connectivity index (χ3n) is 3.95. The molecule has 1 aromatic rings. The van der Waals surface area contributed by atoms with Crippen molar-refractivity contribution in [1.29, 1.82) is 5.26 Å². The highest BCUT2D eigenvalue weighted by Crippen LogP contribution is 2.36. The second kappa shape index (κ2) is 9.25. The predicted molar refractivity (Wildman–Crippen MR) is 104 cm³/mol. The van der Waals surface area contributed by atoms with Gasteiger partial charge in [0.1, 0.15) is 0 Å². The fraction of sp³-hybridized carbons (Fsp3) is 0.316. The summed E-state index contributed by atoms with van der Waals surface area (Å²) in [5.74, 6) is -1.00. The molecule has 2 aliphatic heterocycles. The molecule has 0 spiro atoms. The van der Waals surface area contributed by atoms with Crippen molar-refractivity contribution in [3.05, 3.63) is 28.7 Å². The molecule has 0 aromatic heterocycles. The molecule has 1 aromatic carbocycles. The maximum absolute atomic E-state index is 12.5. The van der Waals surface area contributed by atoms with E-state index in [2.05, 4.69) is 4.99 Å². The van der Waals surface area contributed by atoms with Crippen molar-refractivity contribution in [3.63, 3.8) is 0 Å². The van der Waals surface area contributed by atoms with E-state index in [0.717, 1.165) is 16.7 Å². The number of carbonyl (C=O) groups excluding carboxylic acids is 3. The van der Waals surface area contributed by atoms with Crippen molar-refractivity contribution >= 4 is 41.2 Å². The van der Waals surface area contributed by atoms with Crippen LogP contribution in [0, 0.1) is 17.2 Å². The van der Waals surface area contributed by atoms with Crippen LogP contribution in [0.1, 0.15) is 12.5 Å². The van der Waals surface area contributed by atoms with Gasteiger partial charge in [0.15, 0.2) is 17.4 Å². The number of aliphatic imine (C=N–C) groups is 1. The molecule has 9 nitrogen and oxygen atoms in total. The molecule has 2 aliphatic rings. The zero-order valence-corrected chi connectivity index (χ0v) is 16.3. The minimum atomic E-state index is -1.12. The van der Waals surface area contributed by atoms with Crippen LogP contribution in [0.5, 0.6) is 11.5 Å². The van der Waals surface area contributed by atoms with E-state index in [1.54, 1.807) is 37.3 Å². The lowest BCUT2D eigenvalue weighted by atomic mass is 10.2. The van der Waals surface area contributed by atoms with Gasteiger partial charge in [-0.2, -0.15) is 5.26 Å². The van der Waals surface area contributed by atoms with E-state index in [4.69, 9.17) is 19.5 Å². The molecule has 10 heteroatoms. The fourth-order valence-electron chi connectivity index (χ4n) is 2.56. The number of nitriles is 1. The van der Waals surface area contributed by atoms with Crippen LogP contribution in [-0.4, -0.2) is 54.7 Å². The van der Waals surface area contributed by atoms with Crippen LogP contribution in [0.4, 0.5) is 4.79 Å². The summed E-state index contributed by atoms with van der Waals surface area (Å²) in [4.78, 5) is 41.5. The average molecular weight is 415 g/mol. The molecular weight excluding hydrogens is 398 g/mol. The third kappa shape index (κ3) is 4.75. The summed E-state index contributed by atoms with van der Waals surface area (Å²) in [7, 11) is 0. The van der Waals surface area contributed by atoms with Crippen molar-refractivity contribution in [1.82, 2.24) is 4.90 Å². The van der Waals surface area contributed by atoms with Crippen molar-refractivity contribution in [2.75, 3.05) is 26.5 Å². The predicted octanol–water partition coefficient (Wildman–Crippen LogP) is 2.23. The summed E-state index contributed by atoms with van der Waals surface area (Å²) in [5.41, 5.74) is 0.712. The highest BCUT2D eigenvalue weighted by molar-refractivity contribution is 8.18. The van der Waals surface area contributed by atoms with Gasteiger partial charge in [-0.05, 0) is 42.5 Å². The van der Waals surface area contributed by atoms with E-state index in [-0.39, 0.29) is 26.5 Å². The summed E-state index contributed by atoms with van der Waals surface area (Å²) >= 11 is 0.838. The van der Waals surface area contributed by atoms with Crippen LogP contribution in [0.3, 0.4) is 0 Å². The lowest BCUT2D eigenvalue weighted by Gasteiger charge is -2.10. The number of nitrogens with zero attached hydrogens (tertiary/aromatic N) is 3. The molecule has 1 saturated heterocycles. The number of benzene rings is 1. The summed E-state index contributed by atoms with van der Waals surface area (Å²) in [6.45, 7) is 2.07. The number of fused-ring (bicyclic) bond motifs is 1. The van der Waals surface area contributed by atoms with Crippen molar-refractivity contribution < 1.29 is 28.6 Å². The Balaban J connectivity index is 1.60. The zero-order chi connectivity index (χ0) is 20.8. The van der Waals surface area contributed by atoms with E-state index in [0.29, 0.717) is 22.0 Å². The Morgan fingerprint density at radius 1 is 1.41 bits per heavy atom. The van der Waals surface area contributed by atoms with Gasteiger partial charge < -0.3 is 14.2 Å². The van der Waals surface area contributed by atoms with Crippen LogP contribution < -0.4 is 9.47 Å². The van der Waals surface area contributed by atoms with E-state index < -0.39 is 23.0 Å². The summed E-state index contributed by atoms with van der Waals surface area (Å²) < 4.78 is 15.3. The maximum atomic E-state index is 12.5. The molecule has 0 unspecified atom stereocenters. The number of ether oxygens (including phenoxy) is 3. The number of amides is 2. The van der Waals surface area contributed by atoms with Crippen LogP contribution in [0.15, 0.2) is 28.1 Å². The molecule has 0 radical (unpaired) electrons. The summed E-state index contributed by atoms with van der Waals surface area (Å²) in [6.07, 6.45) is 2.78. The van der Waals surface area contributed by atoms with Crippen molar-refractivity contribution in [2.24, 2.45) is 10.9 Å². The number of thioether (sulfide) groups is 1. The Labute approximate surface area is 170 Å². The molecule has 1 atom stereocenters. The first-order valence-electron chi connectivity index (χ1n) is 8.74. The molecule has 29 heavy (non-hydrogen) atoms. The first-order valence-corrected chi connectivity index (χ1v) is 9.56. The van der Waals surface area contributed by atoms with Gasteiger partial charge in [0.2, 0.25) is 6.79 Å². The SMILES string of the molecule is CCOC(=O)[C@H](C#N)C=NCCN1C(=O)S/C(=C\c2ccc3c(c2)OCO3)C1=O. The van der Waals surface area contributed by atoms with E-state index in [1.807, 2.05) is 0 Å². The minimum absolute atomic E-state index is 0.0423. The van der Waals surface area contributed by atoms with Crippen LogP contribution in [0.2, 0.25) is 0 Å². The quantitative estimate of drug-likeness (QED) is 0.378. The Hall–Kier alpha value is -3.32. The van der Waals surface area contributed by atoms with E-state index in [1.165, 1.54) is 6.21 Å². The lowest BCUT2D eigenvalue weighted by molar-refractivity contribution is -0.143. The molecule has 0 N–H and O–H groups in total. The van der Waals surface area contributed by atoms with Crippen LogP contribution >= 0.6 is 11.8 Å². The molecule has 0 bridgehead atoms. The monoisotopic (exact) mass is 415 g/mol. The van der Waals surface area contributed by atoms with Gasteiger partial charge in [-0.1, -0.05) is 6.07 Å². The maximum Gasteiger partial charge on any atom is 0.328 e. The molecule has 0 saturated carbocycles. The van der Waals surface area contributed by atoms with Crippen LogP contribution in [-0.2, 0) is 14.3 Å². The Morgan fingerprint density at radius 2 is 2.21 bits per heavy atom. The number of rotatable bonds is 7. The van der Waals surface area contributed by atoms with Gasteiger partial charge in [-0.3, -0.25) is 24.3 Å². The standard InChI is InChI=1S/C19H17N3O6S/c1-2-26-18(24)13(9-20)10-21-5-6-22-17(23)16(29-19(22)25)8-12-3-4-14-15(7-12)28-11-27-14/h3-4,7-8,10,13H,2,5-6,11H2,1H3/b16-8-,21-10?/t13-/m1/s1. The topological polar surface area (TPSA) is 118 Å². The third-order valence-corrected chi connectivity index (χ3v) is 4.86. The van der Waals surface area contributed by atoms with Gasteiger partial charge in [-0.25, -0.2) is 0 Å². The zero-order valence-electron chi connectivity index (χ0n) is 15.5. The normalized spacial score (nSPS) is 17.8. The molecule has 2 amide bonds. The van der Waals surface area contributed by atoms with E-state index in [9.17, 15) is 14.4 Å². The number of esters is 1. The van der Waals surface area contributed by atoms with E-state index >= 15 is 0 Å². The van der Waals surface area contributed by atoms with Gasteiger partial charge in [0, 0.05) is 12.8 Å². The summed E-state index contributed by atoms with van der Waals surface area (Å²) in [5, 5.41) is 8.56. The van der Waals surface area contributed by atoms with Gasteiger partial charge in [-0.15, -0.1) is 0 Å². The highest BCUT2D eigenvalue weighted by atomic mass is 32.2. The van der Waals surface area contributed by atoms with Crippen molar-refractivity contribution in [2.45, 2.75) is 6.92 Å². The van der Waals surface area contributed by atoms with Crippen LogP contribution in [0.25, 0.3) is 6.08 Å². The lowest BCUT2D eigenvalue weighted by Crippen LogP contribution is -2.30. The second-order valence-corrected chi connectivity index (χ2v) is 6.85. The number of carbonyl (C=O) groups is 3. The molecule has 2 heterocycles. The Kier molecular flexibility index (Phi) is 6.51. The Morgan fingerprint density at radius 3 is 2.97 bits per heavy atom. The molecule has 150 valence electrons. The molecule has 1 fully saturated rings. The minimum Gasteiger partial charge on any atom is -0.465 e. The van der Waals surface area contributed by atoms with Gasteiger partial charge >= 0.3 is 5.97 Å². The van der Waals surface area contributed by atoms with Gasteiger partial charge in [0.05, 0.1) is 24.1 Å². The molecule has 0 aliphatic carbocycles. The number of hydrogen-bond acceptors (Lipinski definition) is 9. The first kappa shape index (κ1) is 20.4. The van der Waals surface area contributed by atoms with Crippen molar-refractivity contribution in [3.8, 4) is 17.6 Å².